The first-order chi connectivity index (χ1) is 10.2. The second kappa shape index (κ2) is 6.00. The number of fused-ring (bicyclic) bond motifs is 2. The largest absolute Gasteiger partial charge is 0.326 e. The molecule has 1 amide bonds. The summed E-state index contributed by atoms with van der Waals surface area (Å²) in [6.45, 7) is 2.09. The fourth-order valence-electron chi connectivity index (χ4n) is 3.88. The van der Waals surface area contributed by atoms with Crippen molar-refractivity contribution in [3.63, 3.8) is 0 Å². The van der Waals surface area contributed by atoms with Crippen LogP contribution in [0.25, 0.3) is 0 Å². The number of nitrogens with one attached hydrogen (secondary N) is 1. The molecule has 1 aromatic rings. The highest BCUT2D eigenvalue weighted by Gasteiger charge is 2.41. The van der Waals surface area contributed by atoms with Crippen molar-refractivity contribution in [3.05, 3.63) is 29.8 Å². The zero-order valence-electron chi connectivity index (χ0n) is 12.6. The number of carbonyl (C=O) groups excluding carboxylic acids is 2. The lowest BCUT2D eigenvalue weighted by molar-refractivity contribution is -0.136. The van der Waals surface area contributed by atoms with Crippen LogP contribution in [-0.2, 0) is 16.0 Å². The number of ketones is 1. The van der Waals surface area contributed by atoms with E-state index in [2.05, 4.69) is 18.3 Å². The molecule has 0 unspecified atom stereocenters. The lowest BCUT2D eigenvalue weighted by atomic mass is 9.67. The van der Waals surface area contributed by atoms with Gasteiger partial charge in [0.15, 0.2) is 0 Å². The Morgan fingerprint density at radius 2 is 1.86 bits per heavy atom. The first-order valence-corrected chi connectivity index (χ1v) is 8.11. The molecule has 0 aromatic heterocycles. The number of amides is 1. The number of rotatable bonds is 3. The summed E-state index contributed by atoms with van der Waals surface area (Å²) >= 11 is 0. The van der Waals surface area contributed by atoms with Crippen LogP contribution in [0.4, 0.5) is 5.69 Å². The highest BCUT2D eigenvalue weighted by molar-refractivity contribution is 5.95. The van der Waals surface area contributed by atoms with Crippen LogP contribution in [0, 0.1) is 17.8 Å². The number of anilines is 1. The zero-order valence-corrected chi connectivity index (χ0v) is 12.6. The standard InChI is InChI=1S/C18H23NO2/c1-2-12-6-3-4-9-16(12)19-18(21)15-10-13-7-5-8-14(11-15)17(13)20/h3-4,6,9,13-15H,2,5,7-8,10-11H2,1H3,(H,19,21)/t13-,14-/m0/s1. The maximum absolute atomic E-state index is 12.6. The van der Waals surface area contributed by atoms with E-state index in [0.29, 0.717) is 5.78 Å². The van der Waals surface area contributed by atoms with E-state index in [9.17, 15) is 9.59 Å². The average Bonchev–Trinajstić information content (AvgIpc) is 2.47. The third kappa shape index (κ3) is 2.87. The van der Waals surface area contributed by atoms with Crippen molar-refractivity contribution in [3.8, 4) is 0 Å². The number of para-hydroxylation sites is 1. The van der Waals surface area contributed by atoms with E-state index in [4.69, 9.17) is 0 Å². The molecule has 3 rings (SSSR count). The van der Waals surface area contributed by atoms with Crippen LogP contribution in [-0.4, -0.2) is 11.7 Å². The number of aryl methyl sites for hydroxylation is 1. The first kappa shape index (κ1) is 14.3. The molecular weight excluding hydrogens is 262 g/mol. The van der Waals surface area contributed by atoms with Crippen LogP contribution >= 0.6 is 0 Å². The van der Waals surface area contributed by atoms with Crippen molar-refractivity contribution in [2.75, 3.05) is 5.32 Å². The molecule has 2 saturated carbocycles. The molecule has 112 valence electrons. The summed E-state index contributed by atoms with van der Waals surface area (Å²) in [5.74, 6) is 0.784. The lowest BCUT2D eigenvalue weighted by Crippen LogP contribution is -2.40. The molecule has 2 bridgehead atoms. The number of hydrogen-bond acceptors (Lipinski definition) is 2. The minimum Gasteiger partial charge on any atom is -0.326 e. The van der Waals surface area contributed by atoms with Gasteiger partial charge < -0.3 is 5.32 Å². The van der Waals surface area contributed by atoms with Gasteiger partial charge in [0.05, 0.1) is 0 Å². The van der Waals surface area contributed by atoms with Gasteiger partial charge in [0.2, 0.25) is 5.91 Å². The Kier molecular flexibility index (Phi) is 4.09. The summed E-state index contributed by atoms with van der Waals surface area (Å²) < 4.78 is 0. The molecule has 1 aromatic carbocycles. The van der Waals surface area contributed by atoms with Crippen LogP contribution < -0.4 is 5.32 Å². The molecule has 0 radical (unpaired) electrons. The van der Waals surface area contributed by atoms with E-state index in [0.717, 1.165) is 49.8 Å². The summed E-state index contributed by atoms with van der Waals surface area (Å²) in [7, 11) is 0. The van der Waals surface area contributed by atoms with Gasteiger partial charge in [-0.2, -0.15) is 0 Å². The van der Waals surface area contributed by atoms with Gasteiger partial charge >= 0.3 is 0 Å². The van der Waals surface area contributed by atoms with Gasteiger partial charge in [-0.3, -0.25) is 9.59 Å². The Bertz CT molecular complexity index is 536. The molecule has 21 heavy (non-hydrogen) atoms. The van der Waals surface area contributed by atoms with Gasteiger partial charge in [-0.25, -0.2) is 0 Å². The Morgan fingerprint density at radius 1 is 1.19 bits per heavy atom. The van der Waals surface area contributed by atoms with E-state index in [-0.39, 0.29) is 23.7 Å². The van der Waals surface area contributed by atoms with Gasteiger partial charge in [0.25, 0.3) is 0 Å². The molecule has 2 aliphatic carbocycles. The number of hydrogen-bond donors (Lipinski definition) is 1. The number of benzene rings is 1. The van der Waals surface area contributed by atoms with Gasteiger partial charge in [-0.1, -0.05) is 31.5 Å². The predicted octanol–water partition coefficient (Wildman–Crippen LogP) is 3.58. The fourth-order valence-corrected chi connectivity index (χ4v) is 3.88. The summed E-state index contributed by atoms with van der Waals surface area (Å²) in [6.07, 6.45) is 5.50. The van der Waals surface area contributed by atoms with Gasteiger partial charge in [0, 0.05) is 23.4 Å². The van der Waals surface area contributed by atoms with Crippen LogP contribution in [0.3, 0.4) is 0 Å². The third-order valence-electron chi connectivity index (χ3n) is 5.07. The van der Waals surface area contributed by atoms with Crippen molar-refractivity contribution in [2.45, 2.75) is 45.4 Å². The Balaban J connectivity index is 1.70. The molecule has 0 saturated heterocycles. The third-order valence-corrected chi connectivity index (χ3v) is 5.07. The van der Waals surface area contributed by atoms with Crippen LogP contribution in [0.2, 0.25) is 0 Å². The minimum atomic E-state index is 0.00270. The molecule has 0 spiro atoms. The average molecular weight is 285 g/mol. The molecule has 2 atom stereocenters. The second-order valence-corrected chi connectivity index (χ2v) is 6.40. The number of carbonyl (C=O) groups is 2. The van der Waals surface area contributed by atoms with Crippen molar-refractivity contribution >= 4 is 17.4 Å². The van der Waals surface area contributed by atoms with E-state index in [1.807, 2.05) is 18.2 Å². The SMILES string of the molecule is CCc1ccccc1NC(=O)C1C[C@@H]2CCC[C@@H](C1)C2=O. The summed E-state index contributed by atoms with van der Waals surface area (Å²) in [5.41, 5.74) is 2.09. The van der Waals surface area contributed by atoms with Crippen LogP contribution in [0.5, 0.6) is 0 Å². The van der Waals surface area contributed by atoms with Crippen LogP contribution in [0.15, 0.2) is 24.3 Å². The Hall–Kier alpha value is -1.64. The zero-order chi connectivity index (χ0) is 14.8. The second-order valence-electron chi connectivity index (χ2n) is 6.40. The maximum atomic E-state index is 12.6. The van der Waals surface area contributed by atoms with E-state index < -0.39 is 0 Å². The topological polar surface area (TPSA) is 46.2 Å². The van der Waals surface area contributed by atoms with Crippen molar-refractivity contribution in [1.82, 2.24) is 0 Å². The summed E-state index contributed by atoms with van der Waals surface area (Å²) in [5, 5.41) is 3.09. The van der Waals surface area contributed by atoms with Crippen molar-refractivity contribution < 1.29 is 9.59 Å². The lowest BCUT2D eigenvalue weighted by Gasteiger charge is -2.37. The molecule has 2 aliphatic rings. The van der Waals surface area contributed by atoms with E-state index >= 15 is 0 Å². The van der Waals surface area contributed by atoms with Gasteiger partial charge in [0.1, 0.15) is 5.78 Å². The molecule has 0 heterocycles. The van der Waals surface area contributed by atoms with E-state index in [1.165, 1.54) is 0 Å². The highest BCUT2D eigenvalue weighted by Crippen LogP contribution is 2.40. The molecular formula is C18H23NO2. The van der Waals surface area contributed by atoms with Crippen molar-refractivity contribution in [1.29, 1.82) is 0 Å². The smallest absolute Gasteiger partial charge is 0.227 e. The Morgan fingerprint density at radius 3 is 2.52 bits per heavy atom. The molecule has 1 N–H and O–H groups in total. The molecule has 3 nitrogen and oxygen atoms in total. The van der Waals surface area contributed by atoms with E-state index in [1.54, 1.807) is 0 Å². The maximum Gasteiger partial charge on any atom is 0.227 e. The minimum absolute atomic E-state index is 0.00270. The summed E-state index contributed by atoms with van der Waals surface area (Å²) in [6, 6.07) is 7.96. The van der Waals surface area contributed by atoms with Crippen molar-refractivity contribution in [2.24, 2.45) is 17.8 Å². The predicted molar refractivity (Wildman–Crippen MR) is 83.0 cm³/mol. The van der Waals surface area contributed by atoms with Gasteiger partial charge in [-0.15, -0.1) is 0 Å². The van der Waals surface area contributed by atoms with Crippen LogP contribution in [0.1, 0.15) is 44.6 Å². The monoisotopic (exact) mass is 285 g/mol. The first-order valence-electron chi connectivity index (χ1n) is 8.11. The number of Topliss-reactive ketones (excluding diaryl/α,β-unsaturated/α-hetero) is 1. The normalized spacial score (nSPS) is 28.2. The Labute approximate surface area is 126 Å². The van der Waals surface area contributed by atoms with Gasteiger partial charge in [-0.05, 0) is 43.7 Å². The molecule has 2 fully saturated rings. The quantitative estimate of drug-likeness (QED) is 0.922. The molecule has 0 aliphatic heterocycles. The summed E-state index contributed by atoms with van der Waals surface area (Å²) in [4.78, 5) is 24.7. The highest BCUT2D eigenvalue weighted by atomic mass is 16.2. The molecule has 3 heteroatoms. The fraction of sp³-hybridized carbons (Fsp3) is 0.556.